The van der Waals surface area contributed by atoms with E-state index in [9.17, 15) is 4.79 Å². The first-order valence-corrected chi connectivity index (χ1v) is 16.7. The first kappa shape index (κ1) is 31.9. The number of hydrogen-bond donors (Lipinski definition) is 2. The van der Waals surface area contributed by atoms with E-state index in [1.54, 1.807) is 4.68 Å². The van der Waals surface area contributed by atoms with Gasteiger partial charge in [-0.25, -0.2) is 4.68 Å². The van der Waals surface area contributed by atoms with Crippen molar-refractivity contribution in [2.45, 2.75) is 57.5 Å². The fourth-order valence-electron chi connectivity index (χ4n) is 4.92. The highest BCUT2D eigenvalue weighted by Crippen LogP contribution is 2.43. The fourth-order valence-corrected chi connectivity index (χ4v) is 6.61. The highest BCUT2D eigenvalue weighted by atomic mass is 79.9. The molecule has 0 bridgehead atoms. The Bertz CT molecular complexity index is 1690. The molecule has 0 saturated carbocycles. The van der Waals surface area contributed by atoms with Gasteiger partial charge in [0.25, 0.3) is 5.91 Å². The molecule has 0 spiro atoms. The molecule has 0 aliphatic carbocycles. The van der Waals surface area contributed by atoms with Crippen LogP contribution in [0.25, 0.3) is 0 Å². The van der Waals surface area contributed by atoms with Gasteiger partial charge in [-0.3, -0.25) is 4.79 Å². The third-order valence-electron chi connectivity index (χ3n) is 7.18. The summed E-state index contributed by atoms with van der Waals surface area (Å²) in [5.74, 6) is 2.14. The van der Waals surface area contributed by atoms with Crippen molar-refractivity contribution < 1.29 is 14.3 Å². The Hall–Kier alpha value is -3.47. The quantitative estimate of drug-likeness (QED) is 0.113. The molecule has 2 heterocycles. The van der Waals surface area contributed by atoms with Gasteiger partial charge in [-0.2, -0.15) is 4.98 Å². The number of aryl methyl sites for hydroxylation is 1. The minimum Gasteiger partial charge on any atom is -0.490 e. The fraction of sp³-hybridized carbons (Fsp3) is 0.303. The number of nitrogens with zero attached hydrogens (tertiary/aromatic N) is 3. The summed E-state index contributed by atoms with van der Waals surface area (Å²) in [6, 6.07) is 18.7. The van der Waals surface area contributed by atoms with Crippen LogP contribution in [0.2, 0.25) is 5.02 Å². The van der Waals surface area contributed by atoms with Gasteiger partial charge in [-0.05, 0) is 84.1 Å². The maximum absolute atomic E-state index is 14.1. The molecular weight excluding hydrogens is 662 g/mol. The van der Waals surface area contributed by atoms with Crippen LogP contribution in [0.15, 0.2) is 81.6 Å². The molecule has 3 aromatic carbocycles. The molecule has 1 atom stereocenters. The first-order valence-electron chi connectivity index (χ1n) is 14.6. The van der Waals surface area contributed by atoms with Gasteiger partial charge < -0.3 is 20.1 Å². The summed E-state index contributed by atoms with van der Waals surface area (Å²) < 4.78 is 14.7. The van der Waals surface area contributed by atoms with Gasteiger partial charge in [0.15, 0.2) is 11.5 Å². The van der Waals surface area contributed by atoms with Crippen LogP contribution in [0.4, 0.5) is 11.6 Å². The molecule has 1 aromatic heterocycles. The summed E-state index contributed by atoms with van der Waals surface area (Å²) in [6.45, 7) is 8.94. The van der Waals surface area contributed by atoms with Crippen LogP contribution in [0.1, 0.15) is 56.3 Å². The smallest absolute Gasteiger partial charge is 0.255 e. The maximum Gasteiger partial charge on any atom is 0.255 e. The molecule has 11 heteroatoms. The Balaban J connectivity index is 1.57. The third-order valence-corrected chi connectivity index (χ3v) is 9.02. The Kier molecular flexibility index (Phi) is 10.6. The lowest BCUT2D eigenvalue weighted by molar-refractivity contribution is -0.113. The van der Waals surface area contributed by atoms with Crippen molar-refractivity contribution >= 4 is 56.8 Å². The number of benzene rings is 3. The van der Waals surface area contributed by atoms with Gasteiger partial charge in [-0.15, -0.1) is 5.10 Å². The average molecular weight is 697 g/mol. The molecule has 1 aliphatic rings. The number of nitrogens with one attached hydrogen (secondary N) is 2. The van der Waals surface area contributed by atoms with E-state index < -0.39 is 6.04 Å². The van der Waals surface area contributed by atoms with E-state index in [0.29, 0.717) is 57.9 Å². The summed E-state index contributed by atoms with van der Waals surface area (Å²) in [5, 5.41) is 12.6. The average Bonchev–Trinajstić information content (AvgIpc) is 3.40. The monoisotopic (exact) mass is 695 g/mol. The zero-order valence-electron chi connectivity index (χ0n) is 25.1. The van der Waals surface area contributed by atoms with Crippen LogP contribution >= 0.6 is 39.3 Å². The van der Waals surface area contributed by atoms with Crippen molar-refractivity contribution in [2.24, 2.45) is 0 Å². The van der Waals surface area contributed by atoms with Crippen molar-refractivity contribution in [2.75, 3.05) is 23.8 Å². The molecule has 8 nitrogen and oxygen atoms in total. The molecule has 0 saturated heterocycles. The van der Waals surface area contributed by atoms with Crippen LogP contribution in [-0.4, -0.2) is 33.9 Å². The molecule has 5 rings (SSSR count). The number of amides is 1. The van der Waals surface area contributed by atoms with Crippen molar-refractivity contribution in [1.82, 2.24) is 14.8 Å². The number of rotatable bonds is 12. The van der Waals surface area contributed by atoms with Crippen molar-refractivity contribution in [3.63, 3.8) is 0 Å². The van der Waals surface area contributed by atoms with Gasteiger partial charge in [-0.1, -0.05) is 73.1 Å². The van der Waals surface area contributed by atoms with Crippen molar-refractivity contribution in [1.29, 1.82) is 0 Å². The number of halogens is 2. The normalized spacial score (nSPS) is 14.2. The molecule has 2 N–H and O–H groups in total. The van der Waals surface area contributed by atoms with Crippen LogP contribution in [0.3, 0.4) is 0 Å². The molecule has 0 radical (unpaired) electrons. The second-order valence-corrected chi connectivity index (χ2v) is 12.5. The number of fused-ring (bicyclic) bond motifs is 1. The minimum absolute atomic E-state index is 0.238. The number of unbranched alkanes of at least 4 members (excludes halogenated alkanes) is 1. The Morgan fingerprint density at radius 3 is 2.64 bits per heavy atom. The van der Waals surface area contributed by atoms with E-state index in [0.717, 1.165) is 39.7 Å². The Morgan fingerprint density at radius 1 is 1.11 bits per heavy atom. The van der Waals surface area contributed by atoms with Crippen LogP contribution in [-0.2, 0) is 10.5 Å². The number of anilines is 2. The summed E-state index contributed by atoms with van der Waals surface area (Å²) in [7, 11) is 0. The molecule has 1 unspecified atom stereocenters. The van der Waals surface area contributed by atoms with E-state index in [4.69, 9.17) is 31.2 Å². The van der Waals surface area contributed by atoms with E-state index in [1.807, 2.05) is 81.4 Å². The Labute approximate surface area is 275 Å². The van der Waals surface area contributed by atoms with Crippen LogP contribution in [0.5, 0.6) is 11.5 Å². The first-order chi connectivity index (χ1) is 21.3. The third kappa shape index (κ3) is 7.08. The van der Waals surface area contributed by atoms with Crippen molar-refractivity contribution in [3.8, 4) is 11.5 Å². The topological polar surface area (TPSA) is 90.3 Å². The van der Waals surface area contributed by atoms with Crippen LogP contribution in [0, 0.1) is 6.92 Å². The number of allylic oxidation sites excluding steroid dienone is 1. The second-order valence-electron chi connectivity index (χ2n) is 10.3. The number of carbonyl (C=O) groups excluding carboxylic acids is 1. The molecule has 1 aliphatic heterocycles. The van der Waals surface area contributed by atoms with E-state index >= 15 is 0 Å². The van der Waals surface area contributed by atoms with Gasteiger partial charge in [0, 0.05) is 22.2 Å². The number of carbonyl (C=O) groups is 1. The standard InChI is InChI=1S/C33H35BrClN5O3S/c1-5-7-16-43-30-24(34)17-23(18-27(30)42-6-2)29-28(31(41)37-26-15-11-8-12-20(26)3)21(4)36-32-38-33(39-40(29)32)44-19-22-13-9-10-14-25(22)35/h8-15,17-18,29H,5-7,16,19H2,1-4H3,(H,37,41)(H,36,38,39). The van der Waals surface area contributed by atoms with Gasteiger partial charge in [0.05, 0.1) is 23.3 Å². The summed E-state index contributed by atoms with van der Waals surface area (Å²) in [4.78, 5) is 18.8. The molecule has 4 aromatic rings. The number of hydrogen-bond acceptors (Lipinski definition) is 7. The predicted octanol–water partition coefficient (Wildman–Crippen LogP) is 8.80. The summed E-state index contributed by atoms with van der Waals surface area (Å²) in [5.41, 5.74) is 4.70. The molecule has 1 amide bonds. The lowest BCUT2D eigenvalue weighted by Crippen LogP contribution is -2.31. The number of thioether (sulfide) groups is 1. The number of aromatic nitrogens is 3. The van der Waals surface area contributed by atoms with Gasteiger partial charge >= 0.3 is 0 Å². The van der Waals surface area contributed by atoms with Gasteiger partial charge in [0.1, 0.15) is 6.04 Å². The molecule has 0 fully saturated rings. The highest BCUT2D eigenvalue weighted by Gasteiger charge is 2.35. The molecule has 230 valence electrons. The Morgan fingerprint density at radius 2 is 1.89 bits per heavy atom. The molecular formula is C33H35BrClN5O3S. The maximum atomic E-state index is 14.1. The molecule has 44 heavy (non-hydrogen) atoms. The number of ether oxygens (including phenoxy) is 2. The zero-order valence-corrected chi connectivity index (χ0v) is 28.3. The SMILES string of the molecule is CCCCOc1c(Br)cc(C2C(C(=O)Nc3ccccc3C)=C(C)Nc3nc(SCc4ccccc4Cl)nn32)cc1OCC. The van der Waals surface area contributed by atoms with E-state index in [2.05, 4.69) is 33.5 Å². The highest BCUT2D eigenvalue weighted by molar-refractivity contribution is 9.10. The predicted molar refractivity (Wildman–Crippen MR) is 181 cm³/mol. The summed E-state index contributed by atoms with van der Waals surface area (Å²) in [6.07, 6.45) is 1.94. The summed E-state index contributed by atoms with van der Waals surface area (Å²) >= 11 is 11.6. The largest absolute Gasteiger partial charge is 0.490 e. The zero-order chi connectivity index (χ0) is 31.2. The van der Waals surface area contributed by atoms with E-state index in [1.165, 1.54) is 11.8 Å². The second kappa shape index (κ2) is 14.5. The minimum atomic E-state index is -0.599. The van der Waals surface area contributed by atoms with Crippen LogP contribution < -0.4 is 20.1 Å². The lowest BCUT2D eigenvalue weighted by atomic mass is 9.94. The van der Waals surface area contributed by atoms with Gasteiger partial charge in [0.2, 0.25) is 11.1 Å². The van der Waals surface area contributed by atoms with Crippen molar-refractivity contribution in [3.05, 3.63) is 98.1 Å². The lowest BCUT2D eigenvalue weighted by Gasteiger charge is -2.29. The number of para-hydroxylation sites is 1. The van der Waals surface area contributed by atoms with E-state index in [-0.39, 0.29) is 5.91 Å².